The van der Waals surface area contributed by atoms with E-state index in [0.717, 1.165) is 37.8 Å². The molecule has 1 aliphatic heterocycles. The fraction of sp³-hybridized carbons (Fsp3) is 0.947. The van der Waals surface area contributed by atoms with Gasteiger partial charge in [-0.3, -0.25) is 0 Å². The van der Waals surface area contributed by atoms with Crippen LogP contribution < -0.4 is 5.32 Å². The average molecular weight is 325 g/mol. The highest BCUT2D eigenvalue weighted by atomic mass is 16.6. The number of nitrogens with one attached hydrogen (secondary N) is 1. The maximum Gasteiger partial charge on any atom is 0.410 e. The van der Waals surface area contributed by atoms with Crippen molar-refractivity contribution in [2.75, 3.05) is 13.1 Å². The van der Waals surface area contributed by atoms with E-state index in [1.807, 2.05) is 25.7 Å². The summed E-state index contributed by atoms with van der Waals surface area (Å²) in [5.41, 5.74) is -0.407. The van der Waals surface area contributed by atoms with Gasteiger partial charge in [-0.1, -0.05) is 13.8 Å². The largest absolute Gasteiger partial charge is 0.444 e. The molecular formula is C19H36N2O2. The standard InChI is InChI=1S/C19H36N2O2/c1-14-8-9-17(13-15(14)2)20-16-7-6-11-21(12-10-16)18(22)23-19(3,4)5/h14-17,20H,6-13H2,1-5H3. The quantitative estimate of drug-likeness (QED) is 0.828. The molecule has 1 heterocycles. The molecule has 134 valence electrons. The Morgan fingerprint density at radius 2 is 1.74 bits per heavy atom. The number of nitrogens with zero attached hydrogens (tertiary/aromatic N) is 1. The summed E-state index contributed by atoms with van der Waals surface area (Å²) < 4.78 is 5.51. The van der Waals surface area contributed by atoms with Crippen LogP contribution in [0.2, 0.25) is 0 Å². The van der Waals surface area contributed by atoms with Crippen LogP contribution in [0.1, 0.15) is 73.1 Å². The number of amides is 1. The second kappa shape index (κ2) is 7.87. The Labute approximate surface area is 142 Å². The fourth-order valence-corrected chi connectivity index (χ4v) is 3.80. The summed E-state index contributed by atoms with van der Waals surface area (Å²) in [5, 5.41) is 3.88. The second-order valence-electron chi connectivity index (χ2n) is 8.73. The Morgan fingerprint density at radius 1 is 1.00 bits per heavy atom. The van der Waals surface area contributed by atoms with Gasteiger partial charge in [-0.2, -0.15) is 0 Å². The molecule has 4 atom stereocenters. The van der Waals surface area contributed by atoms with Crippen molar-refractivity contribution in [2.45, 2.75) is 90.8 Å². The van der Waals surface area contributed by atoms with E-state index in [9.17, 15) is 4.79 Å². The van der Waals surface area contributed by atoms with Gasteiger partial charge < -0.3 is 15.0 Å². The Hall–Kier alpha value is -0.770. The third kappa shape index (κ3) is 5.98. The second-order valence-corrected chi connectivity index (χ2v) is 8.73. The molecule has 1 aliphatic carbocycles. The monoisotopic (exact) mass is 324 g/mol. The molecule has 2 aliphatic rings. The maximum atomic E-state index is 12.2. The van der Waals surface area contributed by atoms with Crippen LogP contribution in [0, 0.1) is 11.8 Å². The van der Waals surface area contributed by atoms with Crippen molar-refractivity contribution in [2.24, 2.45) is 11.8 Å². The molecule has 4 nitrogen and oxygen atoms in total. The van der Waals surface area contributed by atoms with E-state index >= 15 is 0 Å². The lowest BCUT2D eigenvalue weighted by Crippen LogP contribution is -2.43. The molecule has 0 bridgehead atoms. The number of likely N-dealkylation sites (tertiary alicyclic amines) is 1. The molecule has 2 rings (SSSR count). The summed E-state index contributed by atoms with van der Waals surface area (Å²) in [6.07, 6.45) is 7.06. The van der Waals surface area contributed by atoms with Crippen molar-refractivity contribution in [3.8, 4) is 0 Å². The van der Waals surface area contributed by atoms with Gasteiger partial charge in [0.25, 0.3) is 0 Å². The zero-order chi connectivity index (χ0) is 17.0. The van der Waals surface area contributed by atoms with E-state index in [1.165, 1.54) is 25.7 Å². The van der Waals surface area contributed by atoms with Crippen molar-refractivity contribution >= 4 is 6.09 Å². The minimum Gasteiger partial charge on any atom is -0.444 e. The Morgan fingerprint density at radius 3 is 2.39 bits per heavy atom. The summed E-state index contributed by atoms with van der Waals surface area (Å²) in [6.45, 7) is 12.2. The molecule has 0 radical (unpaired) electrons. The molecule has 0 aromatic heterocycles. The first-order chi connectivity index (χ1) is 10.7. The van der Waals surface area contributed by atoms with Gasteiger partial charge in [-0.25, -0.2) is 4.79 Å². The Balaban J connectivity index is 1.78. The van der Waals surface area contributed by atoms with Crippen LogP contribution >= 0.6 is 0 Å². The highest BCUT2D eigenvalue weighted by Gasteiger charge is 2.28. The number of ether oxygens (including phenoxy) is 1. The van der Waals surface area contributed by atoms with Gasteiger partial charge in [0.2, 0.25) is 0 Å². The fourth-order valence-electron chi connectivity index (χ4n) is 3.80. The lowest BCUT2D eigenvalue weighted by atomic mass is 9.79. The first-order valence-electron chi connectivity index (χ1n) is 9.48. The molecule has 4 unspecified atom stereocenters. The highest BCUT2D eigenvalue weighted by Crippen LogP contribution is 2.30. The number of hydrogen-bond acceptors (Lipinski definition) is 3. The first-order valence-corrected chi connectivity index (χ1v) is 9.48. The molecule has 4 heteroatoms. The van der Waals surface area contributed by atoms with Crippen LogP contribution in [0.15, 0.2) is 0 Å². The zero-order valence-electron chi connectivity index (χ0n) is 15.7. The predicted molar refractivity (Wildman–Crippen MR) is 94.5 cm³/mol. The molecule has 2 fully saturated rings. The van der Waals surface area contributed by atoms with Crippen molar-refractivity contribution in [1.82, 2.24) is 10.2 Å². The van der Waals surface area contributed by atoms with Crippen molar-refractivity contribution in [1.29, 1.82) is 0 Å². The van der Waals surface area contributed by atoms with Crippen LogP contribution in [-0.4, -0.2) is 41.8 Å². The van der Waals surface area contributed by atoms with Gasteiger partial charge in [0.15, 0.2) is 0 Å². The van der Waals surface area contributed by atoms with Gasteiger partial charge in [0.05, 0.1) is 0 Å². The minimum atomic E-state index is -0.407. The highest BCUT2D eigenvalue weighted by molar-refractivity contribution is 5.68. The summed E-state index contributed by atoms with van der Waals surface area (Å²) >= 11 is 0. The first kappa shape index (κ1) is 18.6. The summed E-state index contributed by atoms with van der Waals surface area (Å²) in [5.74, 6) is 1.69. The van der Waals surface area contributed by atoms with Gasteiger partial charge in [-0.15, -0.1) is 0 Å². The van der Waals surface area contributed by atoms with Gasteiger partial charge in [0, 0.05) is 25.2 Å². The molecule has 23 heavy (non-hydrogen) atoms. The summed E-state index contributed by atoms with van der Waals surface area (Å²) in [6, 6.07) is 1.22. The van der Waals surface area contributed by atoms with Gasteiger partial charge in [0.1, 0.15) is 5.60 Å². The Kier molecular flexibility index (Phi) is 6.35. The molecule has 1 saturated carbocycles. The van der Waals surface area contributed by atoms with Crippen LogP contribution in [0.3, 0.4) is 0 Å². The normalized spacial score (nSPS) is 33.2. The number of rotatable bonds is 2. The molecule has 1 amide bonds. The van der Waals surface area contributed by atoms with E-state index < -0.39 is 5.60 Å². The van der Waals surface area contributed by atoms with Crippen LogP contribution in [0.25, 0.3) is 0 Å². The summed E-state index contributed by atoms with van der Waals surface area (Å²) in [4.78, 5) is 14.1. The maximum absolute atomic E-state index is 12.2. The third-order valence-corrected chi connectivity index (χ3v) is 5.45. The smallest absolute Gasteiger partial charge is 0.410 e. The predicted octanol–water partition coefficient (Wildman–Crippen LogP) is 4.19. The number of carbonyl (C=O) groups is 1. The third-order valence-electron chi connectivity index (χ3n) is 5.45. The minimum absolute atomic E-state index is 0.154. The lowest BCUT2D eigenvalue weighted by Gasteiger charge is -2.35. The van der Waals surface area contributed by atoms with E-state index in [2.05, 4.69) is 19.2 Å². The number of carbonyl (C=O) groups excluding carboxylic acids is 1. The van der Waals surface area contributed by atoms with E-state index in [4.69, 9.17) is 4.74 Å². The topological polar surface area (TPSA) is 41.6 Å². The van der Waals surface area contributed by atoms with E-state index in [-0.39, 0.29) is 6.09 Å². The molecule has 1 saturated heterocycles. The molecule has 1 N–H and O–H groups in total. The van der Waals surface area contributed by atoms with E-state index in [1.54, 1.807) is 0 Å². The lowest BCUT2D eigenvalue weighted by molar-refractivity contribution is 0.0255. The van der Waals surface area contributed by atoms with Gasteiger partial charge in [-0.05, 0) is 71.1 Å². The SMILES string of the molecule is CC1CCC(NC2CCCN(C(=O)OC(C)(C)C)CC2)CC1C. The molecule has 0 aromatic carbocycles. The zero-order valence-corrected chi connectivity index (χ0v) is 15.7. The summed E-state index contributed by atoms with van der Waals surface area (Å²) in [7, 11) is 0. The molecular weight excluding hydrogens is 288 g/mol. The van der Waals surface area contributed by atoms with Crippen LogP contribution in [-0.2, 0) is 4.74 Å². The number of hydrogen-bond donors (Lipinski definition) is 1. The van der Waals surface area contributed by atoms with Crippen molar-refractivity contribution in [3.05, 3.63) is 0 Å². The van der Waals surface area contributed by atoms with Crippen LogP contribution in [0.5, 0.6) is 0 Å². The molecule has 0 spiro atoms. The van der Waals surface area contributed by atoms with Gasteiger partial charge >= 0.3 is 6.09 Å². The Bertz CT molecular complexity index is 391. The van der Waals surface area contributed by atoms with Crippen molar-refractivity contribution in [3.63, 3.8) is 0 Å². The van der Waals surface area contributed by atoms with E-state index in [0.29, 0.717) is 12.1 Å². The van der Waals surface area contributed by atoms with Crippen LogP contribution in [0.4, 0.5) is 4.79 Å². The average Bonchev–Trinajstić information content (AvgIpc) is 2.67. The molecule has 0 aromatic rings. The van der Waals surface area contributed by atoms with Crippen molar-refractivity contribution < 1.29 is 9.53 Å².